The second-order valence-electron chi connectivity index (χ2n) is 5.57. The van der Waals surface area contributed by atoms with E-state index in [1.54, 1.807) is 7.11 Å². The third kappa shape index (κ3) is 3.78. The molecule has 2 unspecified atom stereocenters. The molecule has 8 heteroatoms. The highest BCUT2D eigenvalue weighted by Gasteiger charge is 2.35. The number of rotatable bonds is 5. The first-order valence-electron chi connectivity index (χ1n) is 7.22. The molecule has 1 fully saturated rings. The van der Waals surface area contributed by atoms with E-state index < -0.39 is 10.0 Å². The fourth-order valence-electron chi connectivity index (χ4n) is 2.81. The highest BCUT2D eigenvalue weighted by Crippen LogP contribution is 2.23. The average molecular weight is 348 g/mol. The summed E-state index contributed by atoms with van der Waals surface area (Å²) in [5.41, 5.74) is 0. The Labute approximate surface area is 137 Å². The molecule has 0 saturated carbocycles. The van der Waals surface area contributed by atoms with Crippen molar-refractivity contribution in [3.63, 3.8) is 0 Å². The molecule has 1 aliphatic heterocycles. The summed E-state index contributed by atoms with van der Waals surface area (Å²) in [6.07, 6.45) is 1.31. The van der Waals surface area contributed by atoms with Gasteiger partial charge < -0.3 is 4.74 Å². The Morgan fingerprint density at radius 1 is 1.32 bits per heavy atom. The second kappa shape index (κ2) is 7.23. The number of nitrogens with zero attached hydrogens (tertiary/aromatic N) is 3. The van der Waals surface area contributed by atoms with Gasteiger partial charge in [-0.1, -0.05) is 11.6 Å². The number of pyridine rings is 1. The van der Waals surface area contributed by atoms with Gasteiger partial charge in [0.15, 0.2) is 0 Å². The van der Waals surface area contributed by atoms with Crippen LogP contribution in [-0.4, -0.2) is 68.0 Å². The molecule has 124 valence electrons. The number of hydrogen-bond acceptors (Lipinski definition) is 5. The minimum absolute atomic E-state index is 0.133. The number of ether oxygens (including phenoxy) is 1. The van der Waals surface area contributed by atoms with Crippen LogP contribution in [0.3, 0.4) is 0 Å². The van der Waals surface area contributed by atoms with Gasteiger partial charge in [-0.3, -0.25) is 4.90 Å². The van der Waals surface area contributed by atoms with Crippen molar-refractivity contribution in [2.75, 3.05) is 33.4 Å². The predicted molar refractivity (Wildman–Crippen MR) is 85.5 cm³/mol. The number of sulfonamides is 1. The minimum Gasteiger partial charge on any atom is -0.383 e. The van der Waals surface area contributed by atoms with Crippen LogP contribution >= 0.6 is 11.6 Å². The number of halogens is 1. The molecule has 0 N–H and O–H groups in total. The number of aromatic nitrogens is 1. The molecule has 2 heterocycles. The molecule has 1 aromatic heterocycles. The van der Waals surface area contributed by atoms with E-state index in [4.69, 9.17) is 16.3 Å². The molecule has 2 atom stereocenters. The Balaban J connectivity index is 2.15. The molecule has 1 aromatic rings. The first kappa shape index (κ1) is 17.6. The van der Waals surface area contributed by atoms with Crippen LogP contribution in [0.5, 0.6) is 0 Å². The van der Waals surface area contributed by atoms with Crippen LogP contribution in [0, 0.1) is 0 Å². The Bertz CT molecular complexity index is 582. The van der Waals surface area contributed by atoms with Crippen LogP contribution in [0.2, 0.25) is 5.15 Å². The zero-order chi connectivity index (χ0) is 16.3. The lowest BCUT2D eigenvalue weighted by Crippen LogP contribution is -2.58. The van der Waals surface area contributed by atoms with Crippen LogP contribution in [0.15, 0.2) is 23.2 Å². The monoisotopic (exact) mass is 347 g/mol. The Morgan fingerprint density at radius 2 is 1.95 bits per heavy atom. The molecule has 0 radical (unpaired) electrons. The molecular formula is C14H22ClN3O3S. The van der Waals surface area contributed by atoms with Gasteiger partial charge in [0.05, 0.1) is 6.61 Å². The molecule has 2 rings (SSSR count). The molecule has 0 spiro atoms. The molecule has 1 aliphatic rings. The fraction of sp³-hybridized carbons (Fsp3) is 0.643. The predicted octanol–water partition coefficient (Wildman–Crippen LogP) is 1.46. The van der Waals surface area contributed by atoms with Crippen molar-refractivity contribution in [2.24, 2.45) is 0 Å². The number of hydrogen-bond donors (Lipinski definition) is 0. The summed E-state index contributed by atoms with van der Waals surface area (Å²) in [6, 6.07) is 3.26. The van der Waals surface area contributed by atoms with Gasteiger partial charge in [-0.05, 0) is 26.0 Å². The molecule has 0 bridgehead atoms. The average Bonchev–Trinajstić information content (AvgIpc) is 2.46. The SMILES string of the molecule is COCCN1C(C)CN(S(=O)(=O)c2ccc(Cl)nc2)CC1C. The van der Waals surface area contributed by atoms with Gasteiger partial charge in [-0.25, -0.2) is 13.4 Å². The first-order valence-corrected chi connectivity index (χ1v) is 9.04. The maximum absolute atomic E-state index is 12.7. The third-order valence-electron chi connectivity index (χ3n) is 3.96. The number of piperazine rings is 1. The van der Waals surface area contributed by atoms with Crippen molar-refractivity contribution in [3.8, 4) is 0 Å². The Hall–Kier alpha value is -0.730. The van der Waals surface area contributed by atoms with Crippen LogP contribution in [0.1, 0.15) is 13.8 Å². The summed E-state index contributed by atoms with van der Waals surface area (Å²) in [5, 5.41) is 0.282. The lowest BCUT2D eigenvalue weighted by molar-refractivity contribution is 0.0495. The smallest absolute Gasteiger partial charge is 0.244 e. The van der Waals surface area contributed by atoms with Gasteiger partial charge in [0.2, 0.25) is 10.0 Å². The van der Waals surface area contributed by atoms with Gasteiger partial charge in [0.1, 0.15) is 10.0 Å². The number of methoxy groups -OCH3 is 1. The molecule has 0 aromatic carbocycles. The lowest BCUT2D eigenvalue weighted by atomic mass is 10.1. The fourth-order valence-corrected chi connectivity index (χ4v) is 4.47. The highest BCUT2D eigenvalue weighted by atomic mass is 35.5. The van der Waals surface area contributed by atoms with E-state index in [9.17, 15) is 8.42 Å². The van der Waals surface area contributed by atoms with Crippen LogP contribution < -0.4 is 0 Å². The summed E-state index contributed by atoms with van der Waals surface area (Å²) in [5.74, 6) is 0. The Kier molecular flexibility index (Phi) is 5.79. The van der Waals surface area contributed by atoms with E-state index in [2.05, 4.69) is 9.88 Å². The highest BCUT2D eigenvalue weighted by molar-refractivity contribution is 7.89. The normalized spacial score (nSPS) is 24.5. The van der Waals surface area contributed by atoms with E-state index in [1.165, 1.54) is 22.6 Å². The summed E-state index contributed by atoms with van der Waals surface area (Å²) in [4.78, 5) is 6.32. The van der Waals surface area contributed by atoms with E-state index in [1.807, 2.05) is 13.8 Å². The van der Waals surface area contributed by atoms with Crippen molar-refractivity contribution in [1.29, 1.82) is 0 Å². The van der Waals surface area contributed by atoms with Gasteiger partial charge in [0, 0.05) is 45.0 Å². The maximum atomic E-state index is 12.7. The zero-order valence-corrected chi connectivity index (χ0v) is 14.6. The molecular weight excluding hydrogens is 326 g/mol. The van der Waals surface area contributed by atoms with Gasteiger partial charge >= 0.3 is 0 Å². The quantitative estimate of drug-likeness (QED) is 0.755. The molecule has 0 aliphatic carbocycles. The lowest BCUT2D eigenvalue weighted by Gasteiger charge is -2.43. The molecule has 1 saturated heterocycles. The summed E-state index contributed by atoms with van der Waals surface area (Å²) < 4.78 is 32.1. The Morgan fingerprint density at radius 3 is 2.45 bits per heavy atom. The van der Waals surface area contributed by atoms with Crippen LogP contribution in [-0.2, 0) is 14.8 Å². The summed E-state index contributed by atoms with van der Waals surface area (Å²) >= 11 is 5.72. The molecule has 22 heavy (non-hydrogen) atoms. The van der Waals surface area contributed by atoms with E-state index in [0.717, 1.165) is 6.54 Å². The maximum Gasteiger partial charge on any atom is 0.244 e. The zero-order valence-electron chi connectivity index (χ0n) is 13.1. The molecule has 0 amide bonds. The topological polar surface area (TPSA) is 62.7 Å². The van der Waals surface area contributed by atoms with Crippen molar-refractivity contribution < 1.29 is 13.2 Å². The van der Waals surface area contributed by atoms with Crippen molar-refractivity contribution in [3.05, 3.63) is 23.5 Å². The summed E-state index contributed by atoms with van der Waals surface area (Å²) in [6.45, 7) is 6.43. The van der Waals surface area contributed by atoms with E-state index in [0.29, 0.717) is 19.7 Å². The van der Waals surface area contributed by atoms with Crippen LogP contribution in [0.25, 0.3) is 0 Å². The van der Waals surface area contributed by atoms with E-state index >= 15 is 0 Å². The summed E-state index contributed by atoms with van der Waals surface area (Å²) in [7, 11) is -1.86. The van der Waals surface area contributed by atoms with Crippen LogP contribution in [0.4, 0.5) is 0 Å². The van der Waals surface area contributed by atoms with E-state index in [-0.39, 0.29) is 22.1 Å². The standard InChI is InChI=1S/C14H22ClN3O3S/c1-11-9-17(10-12(2)18(11)6-7-21-3)22(19,20)13-4-5-14(15)16-8-13/h4-5,8,11-12H,6-7,9-10H2,1-3H3. The van der Waals surface area contributed by atoms with Gasteiger partial charge in [-0.15, -0.1) is 0 Å². The second-order valence-corrected chi connectivity index (χ2v) is 7.89. The van der Waals surface area contributed by atoms with Gasteiger partial charge in [0.25, 0.3) is 0 Å². The molecule has 6 nitrogen and oxygen atoms in total. The van der Waals surface area contributed by atoms with Gasteiger partial charge in [-0.2, -0.15) is 4.31 Å². The minimum atomic E-state index is -3.53. The van der Waals surface area contributed by atoms with Crippen molar-refractivity contribution >= 4 is 21.6 Å². The largest absolute Gasteiger partial charge is 0.383 e. The van der Waals surface area contributed by atoms with Crippen molar-refractivity contribution in [1.82, 2.24) is 14.2 Å². The third-order valence-corrected chi connectivity index (χ3v) is 6.00. The first-order chi connectivity index (χ1) is 10.4. The van der Waals surface area contributed by atoms with Crippen molar-refractivity contribution in [2.45, 2.75) is 30.8 Å².